The van der Waals surface area contributed by atoms with Gasteiger partial charge in [0, 0.05) is 6.54 Å². The SMILES string of the molecule is CCCNC(=O)[C@H]1CN(C(=O)CCOc2ccc(C)cc2)c2ccccc2O1. The van der Waals surface area contributed by atoms with Crippen molar-refractivity contribution >= 4 is 17.5 Å². The summed E-state index contributed by atoms with van der Waals surface area (Å²) in [5.41, 5.74) is 1.84. The molecule has 3 rings (SSSR count). The van der Waals surface area contributed by atoms with Gasteiger partial charge < -0.3 is 19.7 Å². The van der Waals surface area contributed by atoms with Gasteiger partial charge in [0.2, 0.25) is 5.91 Å². The van der Waals surface area contributed by atoms with E-state index in [1.807, 2.05) is 56.3 Å². The molecule has 28 heavy (non-hydrogen) atoms. The second-order valence-electron chi connectivity index (χ2n) is 6.78. The van der Waals surface area contributed by atoms with Crippen molar-refractivity contribution in [1.29, 1.82) is 0 Å². The van der Waals surface area contributed by atoms with Crippen molar-refractivity contribution in [2.45, 2.75) is 32.8 Å². The van der Waals surface area contributed by atoms with Gasteiger partial charge in [-0.3, -0.25) is 9.59 Å². The Kier molecular flexibility index (Phi) is 6.53. The molecule has 2 aromatic carbocycles. The molecule has 0 aromatic heterocycles. The molecule has 2 aromatic rings. The maximum atomic E-state index is 12.8. The summed E-state index contributed by atoms with van der Waals surface area (Å²) in [6, 6.07) is 15.0. The molecule has 0 saturated heterocycles. The molecule has 1 aliphatic rings. The van der Waals surface area contributed by atoms with Crippen LogP contribution in [0.1, 0.15) is 25.3 Å². The predicted molar refractivity (Wildman–Crippen MR) is 108 cm³/mol. The third-order valence-corrected chi connectivity index (χ3v) is 4.52. The van der Waals surface area contributed by atoms with E-state index in [9.17, 15) is 9.59 Å². The highest BCUT2D eigenvalue weighted by atomic mass is 16.5. The van der Waals surface area contributed by atoms with Crippen molar-refractivity contribution in [2.75, 3.05) is 24.6 Å². The summed E-state index contributed by atoms with van der Waals surface area (Å²) in [6.07, 6.45) is 0.336. The fourth-order valence-electron chi connectivity index (χ4n) is 2.99. The smallest absolute Gasteiger partial charge is 0.262 e. The minimum atomic E-state index is -0.719. The van der Waals surface area contributed by atoms with Crippen molar-refractivity contribution in [3.8, 4) is 11.5 Å². The number of hydrogen-bond acceptors (Lipinski definition) is 4. The molecule has 0 unspecified atom stereocenters. The van der Waals surface area contributed by atoms with Gasteiger partial charge in [-0.15, -0.1) is 0 Å². The van der Waals surface area contributed by atoms with Gasteiger partial charge in [0.15, 0.2) is 6.10 Å². The third kappa shape index (κ3) is 4.82. The standard InChI is InChI=1S/C22H26N2O4/c1-3-13-23-22(26)20-15-24(18-6-4-5-7-19(18)28-20)21(25)12-14-27-17-10-8-16(2)9-11-17/h4-11,20H,3,12-15H2,1-2H3,(H,23,26)/t20-/m1/s1. The Labute approximate surface area is 165 Å². The monoisotopic (exact) mass is 382 g/mol. The number of carbonyl (C=O) groups excluding carboxylic acids is 2. The number of benzene rings is 2. The highest BCUT2D eigenvalue weighted by Crippen LogP contribution is 2.33. The Bertz CT molecular complexity index is 820. The molecule has 1 atom stereocenters. The molecule has 0 spiro atoms. The van der Waals surface area contributed by atoms with Crippen LogP contribution in [0.4, 0.5) is 5.69 Å². The lowest BCUT2D eigenvalue weighted by Gasteiger charge is -2.34. The lowest BCUT2D eigenvalue weighted by atomic mass is 10.1. The van der Waals surface area contributed by atoms with E-state index in [1.54, 1.807) is 11.0 Å². The molecule has 1 aliphatic heterocycles. The van der Waals surface area contributed by atoms with Gasteiger partial charge >= 0.3 is 0 Å². The molecule has 0 radical (unpaired) electrons. The molecule has 0 fully saturated rings. The Hall–Kier alpha value is -3.02. The minimum Gasteiger partial charge on any atom is -0.493 e. The van der Waals surface area contributed by atoms with Gasteiger partial charge in [-0.05, 0) is 37.6 Å². The van der Waals surface area contributed by atoms with E-state index in [1.165, 1.54) is 0 Å². The molecule has 0 aliphatic carbocycles. The summed E-state index contributed by atoms with van der Waals surface area (Å²) in [7, 11) is 0. The van der Waals surface area contributed by atoms with Crippen molar-refractivity contribution < 1.29 is 19.1 Å². The molecule has 1 heterocycles. The Balaban J connectivity index is 1.65. The van der Waals surface area contributed by atoms with E-state index in [2.05, 4.69) is 5.32 Å². The van der Waals surface area contributed by atoms with Crippen LogP contribution in [0.3, 0.4) is 0 Å². The summed E-state index contributed by atoms with van der Waals surface area (Å²) in [5, 5.41) is 2.83. The van der Waals surface area contributed by atoms with Crippen LogP contribution < -0.4 is 19.7 Å². The van der Waals surface area contributed by atoms with Crippen LogP contribution in [0.2, 0.25) is 0 Å². The number of nitrogens with one attached hydrogen (secondary N) is 1. The summed E-state index contributed by atoms with van der Waals surface area (Å²) < 4.78 is 11.5. The first kappa shape index (κ1) is 19.7. The van der Waals surface area contributed by atoms with E-state index < -0.39 is 6.10 Å². The van der Waals surface area contributed by atoms with Crippen LogP contribution in [0.5, 0.6) is 11.5 Å². The molecular weight excluding hydrogens is 356 g/mol. The summed E-state index contributed by atoms with van der Waals surface area (Å²) >= 11 is 0. The van der Waals surface area contributed by atoms with Crippen LogP contribution in [-0.4, -0.2) is 37.6 Å². The second kappa shape index (κ2) is 9.26. The Morgan fingerprint density at radius 3 is 2.68 bits per heavy atom. The van der Waals surface area contributed by atoms with Crippen molar-refractivity contribution in [1.82, 2.24) is 5.32 Å². The zero-order chi connectivity index (χ0) is 19.9. The molecule has 1 N–H and O–H groups in total. The average Bonchev–Trinajstić information content (AvgIpc) is 2.72. The summed E-state index contributed by atoms with van der Waals surface area (Å²) in [5.74, 6) is 0.969. The summed E-state index contributed by atoms with van der Waals surface area (Å²) in [4.78, 5) is 26.8. The maximum Gasteiger partial charge on any atom is 0.262 e. The van der Waals surface area contributed by atoms with Gasteiger partial charge in [0.25, 0.3) is 5.91 Å². The number of amides is 2. The number of rotatable bonds is 7. The van der Waals surface area contributed by atoms with Gasteiger partial charge in [-0.25, -0.2) is 0 Å². The molecule has 0 saturated carbocycles. The number of hydrogen-bond donors (Lipinski definition) is 1. The Morgan fingerprint density at radius 1 is 1.18 bits per heavy atom. The number of fused-ring (bicyclic) bond motifs is 1. The Morgan fingerprint density at radius 2 is 1.93 bits per heavy atom. The third-order valence-electron chi connectivity index (χ3n) is 4.52. The minimum absolute atomic E-state index is 0.101. The maximum absolute atomic E-state index is 12.8. The van der Waals surface area contributed by atoms with E-state index in [0.29, 0.717) is 18.0 Å². The molecule has 6 nitrogen and oxygen atoms in total. The van der Waals surface area contributed by atoms with Crippen LogP contribution in [0, 0.1) is 6.92 Å². The molecule has 2 amide bonds. The van der Waals surface area contributed by atoms with Gasteiger partial charge in [0.05, 0.1) is 25.3 Å². The first-order valence-corrected chi connectivity index (χ1v) is 9.61. The molecule has 0 bridgehead atoms. The highest BCUT2D eigenvalue weighted by Gasteiger charge is 2.33. The topological polar surface area (TPSA) is 67.9 Å². The van der Waals surface area contributed by atoms with Crippen LogP contribution in [-0.2, 0) is 9.59 Å². The van der Waals surface area contributed by atoms with Crippen molar-refractivity contribution in [2.24, 2.45) is 0 Å². The van der Waals surface area contributed by atoms with Crippen LogP contribution >= 0.6 is 0 Å². The molecule has 148 valence electrons. The second-order valence-corrected chi connectivity index (χ2v) is 6.78. The highest BCUT2D eigenvalue weighted by molar-refractivity contribution is 5.97. The van der Waals surface area contributed by atoms with Crippen LogP contribution in [0.25, 0.3) is 0 Å². The lowest BCUT2D eigenvalue weighted by molar-refractivity contribution is -0.128. The number of anilines is 1. The fraction of sp³-hybridized carbons (Fsp3) is 0.364. The van der Waals surface area contributed by atoms with Crippen molar-refractivity contribution in [3.63, 3.8) is 0 Å². The van der Waals surface area contributed by atoms with Crippen molar-refractivity contribution in [3.05, 3.63) is 54.1 Å². The number of nitrogens with zero attached hydrogens (tertiary/aromatic N) is 1. The quantitative estimate of drug-likeness (QED) is 0.799. The first-order chi connectivity index (χ1) is 13.6. The fourth-order valence-corrected chi connectivity index (χ4v) is 2.99. The zero-order valence-corrected chi connectivity index (χ0v) is 16.3. The lowest BCUT2D eigenvalue weighted by Crippen LogP contribution is -2.51. The first-order valence-electron chi connectivity index (χ1n) is 9.61. The van der Waals surface area contributed by atoms with E-state index in [0.717, 1.165) is 17.7 Å². The molecule has 6 heteroatoms. The number of aryl methyl sites for hydroxylation is 1. The van der Waals surface area contributed by atoms with Gasteiger partial charge in [-0.1, -0.05) is 36.8 Å². The van der Waals surface area contributed by atoms with Gasteiger partial charge in [0.1, 0.15) is 11.5 Å². The molecular formula is C22H26N2O4. The largest absolute Gasteiger partial charge is 0.493 e. The normalized spacial score (nSPS) is 15.4. The van der Waals surface area contributed by atoms with E-state index in [4.69, 9.17) is 9.47 Å². The summed E-state index contributed by atoms with van der Waals surface area (Å²) in [6.45, 7) is 5.04. The van der Waals surface area contributed by atoms with E-state index >= 15 is 0 Å². The van der Waals surface area contributed by atoms with Crippen LogP contribution in [0.15, 0.2) is 48.5 Å². The average molecular weight is 382 g/mol. The van der Waals surface area contributed by atoms with Gasteiger partial charge in [-0.2, -0.15) is 0 Å². The number of para-hydroxylation sites is 2. The van der Waals surface area contributed by atoms with E-state index in [-0.39, 0.29) is 31.4 Å². The number of ether oxygens (including phenoxy) is 2. The number of carbonyl (C=O) groups is 2. The predicted octanol–water partition coefficient (Wildman–Crippen LogP) is 3.08. The zero-order valence-electron chi connectivity index (χ0n) is 16.3.